The molecule has 7 nitrogen and oxygen atoms in total. The number of benzene rings is 2. The Morgan fingerprint density at radius 3 is 2.52 bits per heavy atom. The highest BCUT2D eigenvalue weighted by atomic mass is 16.5. The molecule has 2 heterocycles. The van der Waals surface area contributed by atoms with Crippen LogP contribution in [0.25, 0.3) is 0 Å². The highest BCUT2D eigenvalue weighted by Crippen LogP contribution is 2.31. The second kappa shape index (κ2) is 11.2. The maximum atomic E-state index is 12.2. The minimum atomic E-state index is -0.0128. The van der Waals surface area contributed by atoms with Gasteiger partial charge in [-0.2, -0.15) is 0 Å². The Hall–Kier alpha value is -3.06. The van der Waals surface area contributed by atoms with Crippen LogP contribution in [-0.4, -0.2) is 68.0 Å². The number of likely N-dealkylation sites (tertiary alicyclic amines) is 1. The fraction of sp³-hybridized carbons (Fsp3) is 0.462. The van der Waals surface area contributed by atoms with Crippen molar-refractivity contribution in [2.75, 3.05) is 40.3 Å². The van der Waals surface area contributed by atoms with Gasteiger partial charge in [-0.15, -0.1) is 0 Å². The van der Waals surface area contributed by atoms with Gasteiger partial charge in [-0.05, 0) is 24.5 Å². The molecule has 2 aliphatic heterocycles. The van der Waals surface area contributed by atoms with Gasteiger partial charge in [0.1, 0.15) is 12.3 Å². The van der Waals surface area contributed by atoms with E-state index in [1.165, 1.54) is 5.56 Å². The fourth-order valence-electron chi connectivity index (χ4n) is 4.35. The molecular formula is C26H35N5O2. The van der Waals surface area contributed by atoms with E-state index in [4.69, 9.17) is 4.74 Å². The number of piperidine rings is 1. The van der Waals surface area contributed by atoms with Gasteiger partial charge in [-0.3, -0.25) is 9.69 Å². The molecule has 1 amide bonds. The molecule has 0 aromatic heterocycles. The van der Waals surface area contributed by atoms with Crippen molar-refractivity contribution in [1.29, 1.82) is 0 Å². The third-order valence-corrected chi connectivity index (χ3v) is 6.32. The van der Waals surface area contributed by atoms with Crippen molar-refractivity contribution >= 4 is 11.9 Å². The van der Waals surface area contributed by atoms with Crippen LogP contribution in [0.3, 0.4) is 0 Å². The van der Waals surface area contributed by atoms with E-state index in [1.54, 1.807) is 19.0 Å². The van der Waals surface area contributed by atoms with E-state index in [1.807, 2.05) is 18.2 Å². The summed E-state index contributed by atoms with van der Waals surface area (Å²) in [7, 11) is 3.52. The molecule has 0 spiro atoms. The van der Waals surface area contributed by atoms with Crippen LogP contribution in [0.15, 0.2) is 59.6 Å². The van der Waals surface area contributed by atoms with Crippen LogP contribution in [0.4, 0.5) is 0 Å². The minimum Gasteiger partial charge on any atom is -0.493 e. The summed E-state index contributed by atoms with van der Waals surface area (Å²) in [6.45, 7) is 3.85. The lowest BCUT2D eigenvalue weighted by Crippen LogP contribution is -2.50. The lowest BCUT2D eigenvalue weighted by Gasteiger charge is -2.34. The SMILES string of the molecule is CN(C)C(=O)CN=C(NC1CCN(Cc2ccccc2)CC1)NC1CCOc2ccccc21. The number of carbonyl (C=O) groups is 1. The topological polar surface area (TPSA) is 69.2 Å². The molecule has 0 saturated carbocycles. The number of fused-ring (bicyclic) bond motifs is 1. The average molecular weight is 450 g/mol. The van der Waals surface area contributed by atoms with Crippen molar-refractivity contribution in [2.24, 2.45) is 4.99 Å². The first kappa shape index (κ1) is 23.1. The predicted octanol–water partition coefficient (Wildman–Crippen LogP) is 2.80. The number of amides is 1. The molecular weight excluding hydrogens is 414 g/mol. The number of para-hydroxylation sites is 1. The Kier molecular flexibility index (Phi) is 7.83. The molecule has 1 atom stereocenters. The summed E-state index contributed by atoms with van der Waals surface area (Å²) in [6.07, 6.45) is 2.94. The number of nitrogens with zero attached hydrogens (tertiary/aromatic N) is 3. The van der Waals surface area contributed by atoms with Gasteiger partial charge in [-0.1, -0.05) is 48.5 Å². The maximum absolute atomic E-state index is 12.2. The molecule has 2 aromatic carbocycles. The lowest BCUT2D eigenvalue weighted by atomic mass is 10.0. The molecule has 1 fully saturated rings. The van der Waals surface area contributed by atoms with Gasteiger partial charge < -0.3 is 20.3 Å². The van der Waals surface area contributed by atoms with Gasteiger partial charge in [0.25, 0.3) is 0 Å². The second-order valence-electron chi connectivity index (χ2n) is 9.01. The molecule has 1 saturated heterocycles. The Morgan fingerprint density at radius 2 is 1.76 bits per heavy atom. The average Bonchev–Trinajstić information content (AvgIpc) is 2.84. The number of ether oxygens (including phenoxy) is 1. The number of carbonyl (C=O) groups excluding carboxylic acids is 1. The zero-order chi connectivity index (χ0) is 23.0. The van der Waals surface area contributed by atoms with E-state index in [9.17, 15) is 4.79 Å². The molecule has 176 valence electrons. The Labute approximate surface area is 196 Å². The zero-order valence-corrected chi connectivity index (χ0v) is 19.7. The number of nitrogens with one attached hydrogen (secondary N) is 2. The maximum Gasteiger partial charge on any atom is 0.243 e. The van der Waals surface area contributed by atoms with Crippen molar-refractivity contribution in [3.05, 3.63) is 65.7 Å². The third kappa shape index (κ3) is 6.48. The van der Waals surface area contributed by atoms with Gasteiger partial charge in [-0.25, -0.2) is 4.99 Å². The van der Waals surface area contributed by atoms with Crippen molar-refractivity contribution in [3.8, 4) is 5.75 Å². The van der Waals surface area contributed by atoms with Crippen molar-refractivity contribution in [3.63, 3.8) is 0 Å². The van der Waals surface area contributed by atoms with Crippen LogP contribution in [0.1, 0.15) is 36.4 Å². The number of likely N-dealkylation sites (N-methyl/N-ethyl adjacent to an activating group) is 1. The third-order valence-electron chi connectivity index (χ3n) is 6.32. The standard InChI is InChI=1S/C26H35N5O2/c1-30(2)25(32)18-27-26(29-23-14-17-33-24-11-7-6-10-22(23)24)28-21-12-15-31(16-13-21)19-20-8-4-3-5-9-20/h3-11,21,23H,12-19H2,1-2H3,(H2,27,28,29). The normalized spacial score (nSPS) is 19.3. The molecule has 1 unspecified atom stereocenters. The summed E-state index contributed by atoms with van der Waals surface area (Å²) in [5.74, 6) is 1.61. The summed E-state index contributed by atoms with van der Waals surface area (Å²) in [5, 5.41) is 7.19. The van der Waals surface area contributed by atoms with E-state index >= 15 is 0 Å². The van der Waals surface area contributed by atoms with Crippen molar-refractivity contribution in [2.45, 2.75) is 37.9 Å². The van der Waals surface area contributed by atoms with E-state index in [0.717, 1.165) is 50.2 Å². The molecule has 2 aromatic rings. The molecule has 0 bridgehead atoms. The summed E-state index contributed by atoms with van der Waals surface area (Å²) in [5.41, 5.74) is 2.49. The van der Waals surface area contributed by atoms with Gasteiger partial charge in [0.05, 0.1) is 12.6 Å². The first-order valence-corrected chi connectivity index (χ1v) is 11.8. The smallest absolute Gasteiger partial charge is 0.243 e. The lowest BCUT2D eigenvalue weighted by molar-refractivity contribution is -0.127. The van der Waals surface area contributed by atoms with Crippen LogP contribution in [-0.2, 0) is 11.3 Å². The number of hydrogen-bond donors (Lipinski definition) is 2. The van der Waals surface area contributed by atoms with Gasteiger partial charge >= 0.3 is 0 Å². The quantitative estimate of drug-likeness (QED) is 0.524. The Morgan fingerprint density at radius 1 is 1.03 bits per heavy atom. The van der Waals surface area contributed by atoms with E-state index < -0.39 is 0 Å². The highest BCUT2D eigenvalue weighted by Gasteiger charge is 2.25. The van der Waals surface area contributed by atoms with E-state index in [0.29, 0.717) is 18.6 Å². The van der Waals surface area contributed by atoms with Crippen LogP contribution in [0.2, 0.25) is 0 Å². The van der Waals surface area contributed by atoms with E-state index in [2.05, 4.69) is 56.9 Å². The second-order valence-corrected chi connectivity index (χ2v) is 9.01. The Balaban J connectivity index is 1.38. The van der Waals surface area contributed by atoms with Crippen LogP contribution in [0, 0.1) is 0 Å². The number of guanidine groups is 1. The molecule has 2 N–H and O–H groups in total. The van der Waals surface area contributed by atoms with Crippen LogP contribution < -0.4 is 15.4 Å². The monoisotopic (exact) mass is 449 g/mol. The van der Waals surface area contributed by atoms with Crippen molar-refractivity contribution < 1.29 is 9.53 Å². The van der Waals surface area contributed by atoms with Crippen LogP contribution in [0.5, 0.6) is 5.75 Å². The zero-order valence-electron chi connectivity index (χ0n) is 19.7. The summed E-state index contributed by atoms with van der Waals surface area (Å²) >= 11 is 0. The highest BCUT2D eigenvalue weighted by molar-refractivity contribution is 5.85. The molecule has 7 heteroatoms. The summed E-state index contributed by atoms with van der Waals surface area (Å²) < 4.78 is 5.81. The molecule has 33 heavy (non-hydrogen) atoms. The summed E-state index contributed by atoms with van der Waals surface area (Å²) in [4.78, 5) is 20.9. The van der Waals surface area contributed by atoms with Crippen LogP contribution >= 0.6 is 0 Å². The number of hydrogen-bond acceptors (Lipinski definition) is 4. The van der Waals surface area contributed by atoms with Gasteiger partial charge in [0, 0.05) is 51.8 Å². The first-order valence-electron chi connectivity index (χ1n) is 11.8. The largest absolute Gasteiger partial charge is 0.493 e. The molecule has 0 aliphatic carbocycles. The number of rotatable bonds is 6. The predicted molar refractivity (Wildman–Crippen MR) is 131 cm³/mol. The molecule has 4 rings (SSSR count). The van der Waals surface area contributed by atoms with E-state index in [-0.39, 0.29) is 18.5 Å². The van der Waals surface area contributed by atoms with Gasteiger partial charge in [0.15, 0.2) is 5.96 Å². The molecule has 0 radical (unpaired) electrons. The summed E-state index contributed by atoms with van der Waals surface area (Å²) in [6, 6.07) is 19.2. The Bertz CT molecular complexity index is 939. The van der Waals surface area contributed by atoms with Gasteiger partial charge in [0.2, 0.25) is 5.91 Å². The first-order chi connectivity index (χ1) is 16.1. The minimum absolute atomic E-state index is 0.0128. The number of aliphatic imine (C=N–C) groups is 1. The molecule has 2 aliphatic rings. The fourth-order valence-corrected chi connectivity index (χ4v) is 4.35. The van der Waals surface area contributed by atoms with Crippen molar-refractivity contribution in [1.82, 2.24) is 20.4 Å².